The number of amides is 1. The van der Waals surface area contributed by atoms with Gasteiger partial charge in [-0.25, -0.2) is 4.39 Å². The van der Waals surface area contributed by atoms with Crippen LogP contribution < -0.4 is 5.32 Å². The highest BCUT2D eigenvalue weighted by Crippen LogP contribution is 2.26. The fourth-order valence-electron chi connectivity index (χ4n) is 2.51. The van der Waals surface area contributed by atoms with E-state index < -0.39 is 0 Å². The molecule has 3 nitrogen and oxygen atoms in total. The molecule has 0 aliphatic carbocycles. The van der Waals surface area contributed by atoms with Crippen molar-refractivity contribution in [3.05, 3.63) is 69.5 Å². The van der Waals surface area contributed by atoms with Gasteiger partial charge in [0.2, 0.25) is 0 Å². The normalized spacial score (nSPS) is 10.9. The third-order valence-electron chi connectivity index (χ3n) is 3.77. The summed E-state index contributed by atoms with van der Waals surface area (Å²) in [5.74, 6) is -0.426. The Balaban J connectivity index is 2.13. The highest BCUT2D eigenvalue weighted by Gasteiger charge is 2.17. The van der Waals surface area contributed by atoms with Gasteiger partial charge in [0, 0.05) is 19.2 Å². The fourth-order valence-corrected chi connectivity index (χ4v) is 2.77. The molecule has 5 heteroatoms. The van der Waals surface area contributed by atoms with E-state index in [1.54, 1.807) is 18.2 Å². The monoisotopic (exact) mass is 349 g/mol. The third-order valence-corrected chi connectivity index (χ3v) is 4.08. The lowest BCUT2D eigenvalue weighted by Crippen LogP contribution is -2.24. The number of rotatable bonds is 6. The Labute approximate surface area is 146 Å². The maximum atomic E-state index is 13.9. The van der Waals surface area contributed by atoms with E-state index in [0.29, 0.717) is 21.7 Å². The van der Waals surface area contributed by atoms with Crippen molar-refractivity contribution in [3.63, 3.8) is 0 Å². The van der Waals surface area contributed by atoms with Crippen molar-refractivity contribution in [1.82, 2.24) is 5.32 Å². The second-order valence-electron chi connectivity index (χ2n) is 5.90. The van der Waals surface area contributed by atoms with Crippen molar-refractivity contribution >= 4 is 17.5 Å². The Morgan fingerprint density at radius 1 is 1.29 bits per heavy atom. The molecule has 0 fully saturated rings. The summed E-state index contributed by atoms with van der Waals surface area (Å²) < 4.78 is 18.8. The summed E-state index contributed by atoms with van der Waals surface area (Å²) in [4.78, 5) is 12.5. The smallest absolute Gasteiger partial charge is 0.253 e. The Hall–Kier alpha value is -1.91. The van der Waals surface area contributed by atoms with E-state index >= 15 is 0 Å². The predicted octanol–water partition coefficient (Wildman–Crippen LogP) is 4.68. The van der Waals surface area contributed by atoms with Gasteiger partial charge in [-0.05, 0) is 29.2 Å². The molecule has 0 atom stereocenters. The maximum absolute atomic E-state index is 13.9. The first-order chi connectivity index (χ1) is 11.4. The van der Waals surface area contributed by atoms with Gasteiger partial charge < -0.3 is 10.1 Å². The molecule has 0 unspecified atom stereocenters. The van der Waals surface area contributed by atoms with Crippen LogP contribution in [0.1, 0.15) is 46.8 Å². The van der Waals surface area contributed by atoms with Gasteiger partial charge in [0.15, 0.2) is 0 Å². The first-order valence-electron chi connectivity index (χ1n) is 7.77. The standard InChI is InChI=1S/C19H21ClFNO2/c1-12(2)15-5-4-6-16(20)18(15)19(23)22-10-13-7-8-14(11-24-3)17(21)9-13/h4-9,12H,10-11H2,1-3H3,(H,22,23). The minimum atomic E-state index is -0.343. The largest absolute Gasteiger partial charge is 0.380 e. The summed E-state index contributed by atoms with van der Waals surface area (Å²) in [5, 5.41) is 3.23. The van der Waals surface area contributed by atoms with Crippen molar-refractivity contribution in [3.8, 4) is 0 Å². The van der Waals surface area contributed by atoms with Crippen molar-refractivity contribution in [2.24, 2.45) is 0 Å². The number of halogens is 2. The highest BCUT2D eigenvalue weighted by molar-refractivity contribution is 6.34. The number of benzene rings is 2. The zero-order chi connectivity index (χ0) is 17.7. The third kappa shape index (κ3) is 4.34. The van der Waals surface area contributed by atoms with Crippen LogP contribution in [0.5, 0.6) is 0 Å². The van der Waals surface area contributed by atoms with Gasteiger partial charge in [-0.1, -0.05) is 49.7 Å². The van der Waals surface area contributed by atoms with Gasteiger partial charge in [-0.2, -0.15) is 0 Å². The molecule has 0 bridgehead atoms. The van der Waals surface area contributed by atoms with Crippen molar-refractivity contribution < 1.29 is 13.9 Å². The molecule has 2 aromatic carbocycles. The Bertz CT molecular complexity index is 731. The molecule has 1 N–H and O–H groups in total. The van der Waals surface area contributed by atoms with Gasteiger partial charge in [0.25, 0.3) is 5.91 Å². The fraction of sp³-hybridized carbons (Fsp3) is 0.316. The molecule has 0 spiro atoms. The molecule has 0 saturated heterocycles. The minimum Gasteiger partial charge on any atom is -0.380 e. The van der Waals surface area contributed by atoms with Crippen LogP contribution in [-0.2, 0) is 17.9 Å². The van der Waals surface area contributed by atoms with Gasteiger partial charge in [0.1, 0.15) is 5.82 Å². The highest BCUT2D eigenvalue weighted by atomic mass is 35.5. The number of carbonyl (C=O) groups excluding carboxylic acids is 1. The van der Waals surface area contributed by atoms with Crippen molar-refractivity contribution in [2.45, 2.75) is 32.9 Å². The molecule has 0 heterocycles. The average Bonchev–Trinajstić information content (AvgIpc) is 2.54. The molecule has 0 aliphatic heterocycles. The summed E-state index contributed by atoms with van der Waals surface area (Å²) in [6.07, 6.45) is 0. The quantitative estimate of drug-likeness (QED) is 0.822. The van der Waals surface area contributed by atoms with Crippen LogP contribution in [0, 0.1) is 5.82 Å². The number of nitrogens with one attached hydrogen (secondary N) is 1. The van der Waals surface area contributed by atoms with E-state index in [0.717, 1.165) is 5.56 Å². The second kappa shape index (κ2) is 8.27. The van der Waals surface area contributed by atoms with E-state index in [1.807, 2.05) is 26.0 Å². The van der Waals surface area contributed by atoms with Crippen molar-refractivity contribution in [2.75, 3.05) is 7.11 Å². The molecule has 2 aromatic rings. The second-order valence-corrected chi connectivity index (χ2v) is 6.31. The predicted molar refractivity (Wildman–Crippen MR) is 93.8 cm³/mol. The summed E-state index contributed by atoms with van der Waals surface area (Å²) in [6.45, 7) is 4.46. The zero-order valence-corrected chi connectivity index (χ0v) is 14.8. The Kier molecular flexibility index (Phi) is 6.35. The lowest BCUT2D eigenvalue weighted by molar-refractivity contribution is 0.0949. The number of hydrogen-bond donors (Lipinski definition) is 1. The Morgan fingerprint density at radius 2 is 2.04 bits per heavy atom. The summed E-state index contributed by atoms with van der Waals surface area (Å²) >= 11 is 6.20. The van der Waals surface area contributed by atoms with Gasteiger partial charge in [-0.15, -0.1) is 0 Å². The zero-order valence-electron chi connectivity index (χ0n) is 14.0. The van der Waals surface area contributed by atoms with Gasteiger partial charge in [-0.3, -0.25) is 4.79 Å². The number of ether oxygens (including phenoxy) is 1. The summed E-state index contributed by atoms with van der Waals surface area (Å²) in [5.41, 5.74) is 2.53. The van der Waals surface area contributed by atoms with Crippen LogP contribution >= 0.6 is 11.6 Å². The van der Waals surface area contributed by atoms with Gasteiger partial charge >= 0.3 is 0 Å². The van der Waals surface area contributed by atoms with Crippen LogP contribution in [0.3, 0.4) is 0 Å². The van der Waals surface area contributed by atoms with E-state index in [1.165, 1.54) is 13.2 Å². The summed E-state index contributed by atoms with van der Waals surface area (Å²) in [6, 6.07) is 10.3. The van der Waals surface area contributed by atoms with E-state index in [4.69, 9.17) is 16.3 Å². The Morgan fingerprint density at radius 3 is 2.67 bits per heavy atom. The molecule has 0 aromatic heterocycles. The van der Waals surface area contributed by atoms with Crippen LogP contribution in [0.15, 0.2) is 36.4 Å². The molecule has 128 valence electrons. The first-order valence-corrected chi connectivity index (χ1v) is 8.14. The van der Waals surface area contributed by atoms with E-state index in [9.17, 15) is 9.18 Å². The van der Waals surface area contributed by atoms with Crippen LogP contribution in [0.2, 0.25) is 5.02 Å². The molecule has 2 rings (SSSR count). The molecule has 0 saturated carbocycles. The molecular formula is C19H21ClFNO2. The molecule has 24 heavy (non-hydrogen) atoms. The topological polar surface area (TPSA) is 38.3 Å². The maximum Gasteiger partial charge on any atom is 0.253 e. The van der Waals surface area contributed by atoms with Crippen LogP contribution in [0.25, 0.3) is 0 Å². The number of carbonyl (C=O) groups is 1. The lowest BCUT2D eigenvalue weighted by Gasteiger charge is -2.14. The van der Waals surface area contributed by atoms with Gasteiger partial charge in [0.05, 0.1) is 17.2 Å². The minimum absolute atomic E-state index is 0.176. The van der Waals surface area contributed by atoms with Crippen molar-refractivity contribution in [1.29, 1.82) is 0 Å². The molecular weight excluding hydrogens is 329 g/mol. The molecule has 0 radical (unpaired) electrons. The lowest BCUT2D eigenvalue weighted by atomic mass is 9.96. The van der Waals surface area contributed by atoms with Crippen LogP contribution in [0.4, 0.5) is 4.39 Å². The van der Waals surface area contributed by atoms with Crippen LogP contribution in [-0.4, -0.2) is 13.0 Å². The SMILES string of the molecule is COCc1ccc(CNC(=O)c2c(Cl)cccc2C(C)C)cc1F. The molecule has 0 aliphatic rings. The molecule has 1 amide bonds. The first kappa shape index (κ1) is 18.4. The number of methoxy groups -OCH3 is 1. The van der Waals surface area contributed by atoms with E-state index in [-0.39, 0.29) is 30.8 Å². The summed E-state index contributed by atoms with van der Waals surface area (Å²) in [7, 11) is 1.52. The van der Waals surface area contributed by atoms with E-state index in [2.05, 4.69) is 5.32 Å². The average molecular weight is 350 g/mol. The number of hydrogen-bond acceptors (Lipinski definition) is 2.